The van der Waals surface area contributed by atoms with E-state index in [0.717, 1.165) is 42.4 Å². The predicted octanol–water partition coefficient (Wildman–Crippen LogP) is 3.51. The fraction of sp³-hybridized carbons (Fsp3) is 0.346. The zero-order chi connectivity index (χ0) is 24.6. The normalized spacial score (nSPS) is 16.2. The van der Waals surface area contributed by atoms with E-state index in [1.54, 1.807) is 13.0 Å². The number of nitrogens with zero attached hydrogens (tertiary/aromatic N) is 4. The highest BCUT2D eigenvalue weighted by Gasteiger charge is 2.25. The van der Waals surface area contributed by atoms with Crippen LogP contribution in [-0.4, -0.2) is 62.1 Å². The molecule has 1 fully saturated rings. The van der Waals surface area contributed by atoms with E-state index in [2.05, 4.69) is 20.1 Å². The van der Waals surface area contributed by atoms with Crippen LogP contribution in [0.2, 0.25) is 0 Å². The second-order valence-electron chi connectivity index (χ2n) is 9.22. The van der Waals surface area contributed by atoms with Gasteiger partial charge in [0.2, 0.25) is 5.89 Å². The Bertz CT molecular complexity index is 1560. The van der Waals surface area contributed by atoms with Crippen molar-refractivity contribution in [3.8, 4) is 17.4 Å². The predicted molar refractivity (Wildman–Crippen MR) is 133 cm³/mol. The standard InChI is InChI=1S/C26H27N5O5/c1-16-28-29-25(35-16)24-13-19-22(7-4-8-23(19)36-24)34-15-18(32)14-30-11-9-17(10-12-30)31-21-6-3-2-5-20(21)27-26(31)33/h2-8,13,17-18,32H,9-12,14-15H2,1H3,(H,27,33)/t18-/m0/s1. The quantitative estimate of drug-likeness (QED) is 0.356. The van der Waals surface area contributed by atoms with Crippen LogP contribution in [0.1, 0.15) is 24.8 Å². The summed E-state index contributed by atoms with van der Waals surface area (Å²) >= 11 is 0. The number of para-hydroxylation sites is 2. The average Bonchev–Trinajstić information content (AvgIpc) is 3.59. The van der Waals surface area contributed by atoms with E-state index in [1.807, 2.05) is 47.0 Å². The number of ether oxygens (including phenoxy) is 1. The second kappa shape index (κ2) is 9.29. The number of furan rings is 1. The lowest BCUT2D eigenvalue weighted by molar-refractivity contribution is 0.0563. The molecule has 10 nitrogen and oxygen atoms in total. The number of rotatable bonds is 7. The van der Waals surface area contributed by atoms with Crippen molar-refractivity contribution in [2.24, 2.45) is 0 Å². The molecule has 186 valence electrons. The van der Waals surface area contributed by atoms with Gasteiger partial charge in [0.1, 0.15) is 24.0 Å². The number of benzene rings is 2. The Hall–Kier alpha value is -3.89. The Kier molecular flexibility index (Phi) is 5.82. The molecule has 1 atom stereocenters. The lowest BCUT2D eigenvalue weighted by atomic mass is 10.0. The molecule has 0 aliphatic carbocycles. The van der Waals surface area contributed by atoms with E-state index in [0.29, 0.717) is 35.4 Å². The first-order valence-corrected chi connectivity index (χ1v) is 12.1. The van der Waals surface area contributed by atoms with Crippen LogP contribution in [0, 0.1) is 6.92 Å². The molecule has 0 bridgehead atoms. The van der Waals surface area contributed by atoms with E-state index in [1.165, 1.54) is 0 Å². The van der Waals surface area contributed by atoms with Gasteiger partial charge in [-0.05, 0) is 37.1 Å². The number of aliphatic hydroxyl groups excluding tert-OH is 1. The highest BCUT2D eigenvalue weighted by Crippen LogP contribution is 2.33. The number of imidazole rings is 1. The smallest absolute Gasteiger partial charge is 0.326 e. The first-order valence-electron chi connectivity index (χ1n) is 12.1. The van der Waals surface area contributed by atoms with Crippen molar-refractivity contribution in [3.05, 3.63) is 64.9 Å². The molecule has 10 heteroatoms. The number of aromatic nitrogens is 4. The maximum Gasteiger partial charge on any atom is 0.326 e. The third-order valence-corrected chi connectivity index (χ3v) is 6.70. The fourth-order valence-corrected chi connectivity index (χ4v) is 5.00. The summed E-state index contributed by atoms with van der Waals surface area (Å²) < 4.78 is 19.1. The summed E-state index contributed by atoms with van der Waals surface area (Å²) in [5, 5.41) is 19.3. The summed E-state index contributed by atoms with van der Waals surface area (Å²) in [5.74, 6) is 1.87. The first-order chi connectivity index (χ1) is 17.5. The van der Waals surface area contributed by atoms with Gasteiger partial charge in [-0.25, -0.2) is 4.79 Å². The number of aryl methyl sites for hydroxylation is 1. The van der Waals surface area contributed by atoms with Gasteiger partial charge in [-0.3, -0.25) is 4.57 Å². The van der Waals surface area contributed by atoms with Crippen molar-refractivity contribution in [1.82, 2.24) is 24.6 Å². The van der Waals surface area contributed by atoms with Gasteiger partial charge in [-0.1, -0.05) is 18.2 Å². The maximum absolute atomic E-state index is 12.5. The summed E-state index contributed by atoms with van der Waals surface area (Å²) in [7, 11) is 0. The molecule has 0 unspecified atom stereocenters. The number of hydrogen-bond acceptors (Lipinski definition) is 8. The molecule has 2 aromatic carbocycles. The zero-order valence-corrected chi connectivity index (χ0v) is 19.9. The maximum atomic E-state index is 12.5. The molecule has 0 saturated carbocycles. The molecule has 5 aromatic rings. The zero-order valence-electron chi connectivity index (χ0n) is 19.9. The number of hydrogen-bond donors (Lipinski definition) is 2. The number of fused-ring (bicyclic) bond motifs is 2. The summed E-state index contributed by atoms with van der Waals surface area (Å²) in [6.45, 7) is 3.99. The molecule has 6 rings (SSSR count). The molecule has 3 aromatic heterocycles. The number of H-pyrrole nitrogens is 1. The molecule has 0 radical (unpaired) electrons. The van der Waals surface area contributed by atoms with Crippen molar-refractivity contribution >= 4 is 22.0 Å². The third kappa shape index (κ3) is 4.29. The number of β-amino-alcohol motifs (C(OH)–C–C–N with tert-alkyl or cyclic N) is 1. The molecular formula is C26H27N5O5. The Morgan fingerprint density at radius 1 is 1.14 bits per heavy atom. The number of aliphatic hydroxyl groups is 1. The molecule has 36 heavy (non-hydrogen) atoms. The van der Waals surface area contributed by atoms with Gasteiger partial charge in [-0.15, -0.1) is 10.2 Å². The van der Waals surface area contributed by atoms with Crippen LogP contribution in [0.3, 0.4) is 0 Å². The minimum atomic E-state index is -0.655. The second-order valence-corrected chi connectivity index (χ2v) is 9.22. The number of piperidine rings is 1. The fourth-order valence-electron chi connectivity index (χ4n) is 5.00. The van der Waals surface area contributed by atoms with Gasteiger partial charge in [0.05, 0.1) is 16.4 Å². The van der Waals surface area contributed by atoms with Crippen LogP contribution in [0.4, 0.5) is 0 Å². The van der Waals surface area contributed by atoms with Gasteiger partial charge in [-0.2, -0.15) is 0 Å². The molecular weight excluding hydrogens is 462 g/mol. The average molecular weight is 490 g/mol. The monoisotopic (exact) mass is 489 g/mol. The van der Waals surface area contributed by atoms with Crippen molar-refractivity contribution in [2.45, 2.75) is 31.9 Å². The van der Waals surface area contributed by atoms with E-state index >= 15 is 0 Å². The van der Waals surface area contributed by atoms with E-state index in [4.69, 9.17) is 13.6 Å². The van der Waals surface area contributed by atoms with E-state index < -0.39 is 6.10 Å². The lowest BCUT2D eigenvalue weighted by Crippen LogP contribution is -2.42. The summed E-state index contributed by atoms with van der Waals surface area (Å²) in [6, 6.07) is 15.3. The van der Waals surface area contributed by atoms with Gasteiger partial charge >= 0.3 is 5.69 Å². The Balaban J connectivity index is 1.06. The van der Waals surface area contributed by atoms with Crippen LogP contribution in [-0.2, 0) is 0 Å². The topological polar surface area (TPSA) is 123 Å². The van der Waals surface area contributed by atoms with Crippen LogP contribution in [0.5, 0.6) is 5.75 Å². The highest BCUT2D eigenvalue weighted by atomic mass is 16.5. The van der Waals surface area contributed by atoms with Gasteiger partial charge in [0, 0.05) is 38.7 Å². The summed E-state index contributed by atoms with van der Waals surface area (Å²) in [6.07, 6.45) is 1.04. The largest absolute Gasteiger partial charge is 0.490 e. The van der Waals surface area contributed by atoms with Crippen molar-refractivity contribution in [1.29, 1.82) is 0 Å². The Morgan fingerprint density at radius 2 is 1.97 bits per heavy atom. The minimum absolute atomic E-state index is 0.0612. The Morgan fingerprint density at radius 3 is 2.78 bits per heavy atom. The first kappa shape index (κ1) is 22.6. The molecule has 0 spiro atoms. The van der Waals surface area contributed by atoms with E-state index in [-0.39, 0.29) is 18.3 Å². The Labute approximate surface area is 206 Å². The summed E-state index contributed by atoms with van der Waals surface area (Å²) in [5.41, 5.74) is 2.39. The van der Waals surface area contributed by atoms with Crippen LogP contribution >= 0.6 is 0 Å². The number of nitrogens with one attached hydrogen (secondary N) is 1. The molecule has 2 N–H and O–H groups in total. The lowest BCUT2D eigenvalue weighted by Gasteiger charge is -2.33. The van der Waals surface area contributed by atoms with Gasteiger partial charge in [0.25, 0.3) is 5.89 Å². The molecule has 0 amide bonds. The number of likely N-dealkylation sites (tertiary alicyclic amines) is 1. The van der Waals surface area contributed by atoms with Crippen molar-refractivity contribution in [2.75, 3.05) is 26.2 Å². The van der Waals surface area contributed by atoms with Crippen LogP contribution < -0.4 is 10.4 Å². The molecule has 4 heterocycles. The highest BCUT2D eigenvalue weighted by molar-refractivity contribution is 5.87. The van der Waals surface area contributed by atoms with E-state index in [9.17, 15) is 9.90 Å². The third-order valence-electron chi connectivity index (χ3n) is 6.70. The SMILES string of the molecule is Cc1nnc(-c2cc3c(OC[C@@H](O)CN4CCC(n5c(=O)[nH]c6ccccc65)CC4)cccc3o2)o1. The molecule has 1 saturated heterocycles. The minimum Gasteiger partial charge on any atom is -0.490 e. The van der Waals surface area contributed by atoms with Crippen molar-refractivity contribution in [3.63, 3.8) is 0 Å². The van der Waals surface area contributed by atoms with Crippen LogP contribution in [0.25, 0.3) is 33.7 Å². The molecule has 1 aliphatic rings. The number of aromatic amines is 1. The van der Waals surface area contributed by atoms with Crippen LogP contribution in [0.15, 0.2) is 62.2 Å². The van der Waals surface area contributed by atoms with Crippen molar-refractivity contribution < 1.29 is 18.7 Å². The van der Waals surface area contributed by atoms with Gasteiger partial charge in [0.15, 0.2) is 5.76 Å². The molecule has 1 aliphatic heterocycles. The summed E-state index contributed by atoms with van der Waals surface area (Å²) in [4.78, 5) is 17.7. The van der Waals surface area contributed by atoms with Gasteiger partial charge < -0.3 is 28.6 Å².